The van der Waals surface area contributed by atoms with Gasteiger partial charge < -0.3 is 10.0 Å². The number of carboxylic acids is 1. The fourth-order valence-electron chi connectivity index (χ4n) is 2.29. The minimum Gasteiger partial charge on any atom is -0.481 e. The highest BCUT2D eigenvalue weighted by atomic mass is 79.9. The Morgan fingerprint density at radius 3 is 2.62 bits per heavy atom. The number of amides is 1. The lowest BCUT2D eigenvalue weighted by Crippen LogP contribution is -2.51. The number of rotatable bonds is 5. The molecule has 1 saturated heterocycles. The van der Waals surface area contributed by atoms with Gasteiger partial charge in [0.25, 0.3) is 0 Å². The average molecular weight is 372 g/mol. The van der Waals surface area contributed by atoms with Gasteiger partial charge in [-0.2, -0.15) is 0 Å². The number of thioether (sulfide) groups is 1. The van der Waals surface area contributed by atoms with E-state index in [9.17, 15) is 9.59 Å². The molecule has 21 heavy (non-hydrogen) atoms. The molecule has 1 aromatic carbocycles. The van der Waals surface area contributed by atoms with Crippen LogP contribution in [0.15, 0.2) is 21.5 Å². The molecular formula is C15H18BrNO3S. The lowest BCUT2D eigenvalue weighted by molar-refractivity contribution is -0.143. The summed E-state index contributed by atoms with van der Waals surface area (Å²) in [7, 11) is 0. The molecule has 1 aliphatic rings. The van der Waals surface area contributed by atoms with Gasteiger partial charge in [-0.05, 0) is 37.1 Å². The van der Waals surface area contributed by atoms with Crippen LogP contribution in [-0.4, -0.2) is 40.7 Å². The van der Waals surface area contributed by atoms with E-state index in [0.29, 0.717) is 18.8 Å². The predicted octanol–water partition coefficient (Wildman–Crippen LogP) is 3.09. The highest BCUT2D eigenvalue weighted by Gasteiger charge is 2.31. The summed E-state index contributed by atoms with van der Waals surface area (Å²) in [6.45, 7) is 5.21. The van der Waals surface area contributed by atoms with Gasteiger partial charge in [0.05, 0.1) is 12.2 Å². The number of nitrogens with zero attached hydrogens (tertiary/aromatic N) is 1. The third kappa shape index (κ3) is 4.23. The molecular weight excluding hydrogens is 354 g/mol. The first-order valence-electron chi connectivity index (χ1n) is 6.76. The normalized spacial score (nSPS) is 14.9. The van der Waals surface area contributed by atoms with E-state index in [4.69, 9.17) is 5.11 Å². The molecule has 1 heterocycles. The van der Waals surface area contributed by atoms with Crippen LogP contribution in [0, 0.1) is 19.8 Å². The molecule has 0 atom stereocenters. The standard InChI is InChI=1S/C15H18BrNO3S/c1-9-4-13(10(2)3-12(9)16)21-8-14(18)17-6-11(7-17)5-15(19)20/h3-4,11H,5-8H2,1-2H3,(H,19,20). The number of aryl methyl sites for hydroxylation is 2. The first-order chi connectivity index (χ1) is 9.86. The molecule has 114 valence electrons. The fourth-order valence-corrected chi connectivity index (χ4v) is 3.76. The fraction of sp³-hybridized carbons (Fsp3) is 0.467. The highest BCUT2D eigenvalue weighted by Crippen LogP contribution is 2.29. The Labute approximate surface area is 137 Å². The number of hydrogen-bond donors (Lipinski definition) is 1. The van der Waals surface area contributed by atoms with Crippen molar-refractivity contribution in [3.05, 3.63) is 27.7 Å². The van der Waals surface area contributed by atoms with Gasteiger partial charge in [0.1, 0.15) is 0 Å². The van der Waals surface area contributed by atoms with Gasteiger partial charge in [-0.1, -0.05) is 15.9 Å². The Bertz CT molecular complexity index is 570. The Balaban J connectivity index is 1.83. The lowest BCUT2D eigenvalue weighted by atomic mass is 9.96. The third-order valence-corrected chi connectivity index (χ3v) is 5.58. The monoisotopic (exact) mass is 371 g/mol. The maximum absolute atomic E-state index is 12.0. The van der Waals surface area contributed by atoms with Crippen molar-refractivity contribution < 1.29 is 14.7 Å². The topological polar surface area (TPSA) is 57.6 Å². The van der Waals surface area contributed by atoms with Gasteiger partial charge in [-0.15, -0.1) is 11.8 Å². The van der Waals surface area contributed by atoms with E-state index < -0.39 is 5.97 Å². The predicted molar refractivity (Wildman–Crippen MR) is 86.7 cm³/mol. The largest absolute Gasteiger partial charge is 0.481 e. The molecule has 1 amide bonds. The maximum atomic E-state index is 12.0. The number of hydrogen-bond acceptors (Lipinski definition) is 3. The van der Waals surface area contributed by atoms with Crippen molar-refractivity contribution in [3.63, 3.8) is 0 Å². The van der Waals surface area contributed by atoms with Crippen molar-refractivity contribution in [2.45, 2.75) is 25.2 Å². The summed E-state index contributed by atoms with van der Waals surface area (Å²) in [4.78, 5) is 25.5. The smallest absolute Gasteiger partial charge is 0.303 e. The van der Waals surface area contributed by atoms with E-state index in [0.717, 1.165) is 20.5 Å². The average Bonchev–Trinajstić information content (AvgIpc) is 2.35. The number of benzene rings is 1. The van der Waals surface area contributed by atoms with Crippen LogP contribution >= 0.6 is 27.7 Å². The van der Waals surface area contributed by atoms with Crippen LogP contribution in [0.2, 0.25) is 0 Å². The molecule has 0 radical (unpaired) electrons. The molecule has 6 heteroatoms. The van der Waals surface area contributed by atoms with E-state index in [2.05, 4.69) is 28.1 Å². The molecule has 0 aliphatic carbocycles. The molecule has 1 fully saturated rings. The minimum absolute atomic E-state index is 0.0848. The third-order valence-electron chi connectivity index (χ3n) is 3.58. The second-order valence-corrected chi connectivity index (χ2v) is 7.29. The SMILES string of the molecule is Cc1cc(SCC(=O)N2CC(CC(=O)O)C2)c(C)cc1Br. The van der Waals surface area contributed by atoms with E-state index >= 15 is 0 Å². The molecule has 4 nitrogen and oxygen atoms in total. The Morgan fingerprint density at radius 1 is 1.33 bits per heavy atom. The molecule has 2 rings (SSSR count). The second kappa shape index (κ2) is 6.83. The summed E-state index contributed by atoms with van der Waals surface area (Å²) < 4.78 is 1.08. The van der Waals surface area contributed by atoms with Gasteiger partial charge in [-0.25, -0.2) is 0 Å². The van der Waals surface area contributed by atoms with Crippen LogP contribution in [0.5, 0.6) is 0 Å². The molecule has 0 bridgehead atoms. The van der Waals surface area contributed by atoms with Gasteiger partial charge in [0.2, 0.25) is 5.91 Å². The van der Waals surface area contributed by atoms with Crippen molar-refractivity contribution >= 4 is 39.6 Å². The number of likely N-dealkylation sites (tertiary alicyclic amines) is 1. The summed E-state index contributed by atoms with van der Waals surface area (Å²) in [6, 6.07) is 4.15. The number of aliphatic carboxylic acids is 1. The van der Waals surface area contributed by atoms with Crippen molar-refractivity contribution in [2.24, 2.45) is 5.92 Å². The number of carbonyl (C=O) groups is 2. The molecule has 0 saturated carbocycles. The zero-order chi connectivity index (χ0) is 15.6. The first-order valence-corrected chi connectivity index (χ1v) is 8.53. The van der Waals surface area contributed by atoms with Crippen LogP contribution in [0.1, 0.15) is 17.5 Å². The van der Waals surface area contributed by atoms with Crippen LogP contribution in [0.25, 0.3) is 0 Å². The van der Waals surface area contributed by atoms with Crippen LogP contribution in [-0.2, 0) is 9.59 Å². The van der Waals surface area contributed by atoms with Gasteiger partial charge in [0.15, 0.2) is 0 Å². The van der Waals surface area contributed by atoms with Crippen molar-refractivity contribution in [1.82, 2.24) is 4.90 Å². The van der Waals surface area contributed by atoms with E-state index in [1.165, 1.54) is 0 Å². The number of halogens is 1. The Hall–Kier alpha value is -1.01. The summed E-state index contributed by atoms with van der Waals surface area (Å²) in [5.74, 6) is -0.181. The first kappa shape index (κ1) is 16.4. The van der Waals surface area contributed by atoms with Crippen LogP contribution < -0.4 is 0 Å². The van der Waals surface area contributed by atoms with Crippen LogP contribution in [0.3, 0.4) is 0 Å². The molecule has 0 spiro atoms. The zero-order valence-electron chi connectivity index (χ0n) is 12.1. The minimum atomic E-state index is -0.789. The van der Waals surface area contributed by atoms with E-state index in [1.807, 2.05) is 13.8 Å². The summed E-state index contributed by atoms with van der Waals surface area (Å²) in [6.07, 6.45) is 0.155. The molecule has 0 aromatic heterocycles. The quantitative estimate of drug-likeness (QED) is 0.807. The van der Waals surface area contributed by atoms with Gasteiger partial charge >= 0.3 is 5.97 Å². The second-order valence-electron chi connectivity index (χ2n) is 5.42. The van der Waals surface area contributed by atoms with Gasteiger partial charge in [-0.3, -0.25) is 9.59 Å². The lowest BCUT2D eigenvalue weighted by Gasteiger charge is -2.38. The summed E-state index contributed by atoms with van der Waals surface area (Å²) in [5.41, 5.74) is 2.30. The Kier molecular flexibility index (Phi) is 5.32. The molecule has 0 unspecified atom stereocenters. The number of carbonyl (C=O) groups excluding carboxylic acids is 1. The van der Waals surface area contributed by atoms with Gasteiger partial charge in [0, 0.05) is 28.4 Å². The van der Waals surface area contributed by atoms with Crippen molar-refractivity contribution in [3.8, 4) is 0 Å². The maximum Gasteiger partial charge on any atom is 0.303 e. The van der Waals surface area contributed by atoms with E-state index in [-0.39, 0.29) is 18.2 Å². The molecule has 1 N–H and O–H groups in total. The summed E-state index contributed by atoms with van der Waals surface area (Å²) >= 11 is 5.04. The van der Waals surface area contributed by atoms with Crippen molar-refractivity contribution in [1.29, 1.82) is 0 Å². The van der Waals surface area contributed by atoms with Crippen molar-refractivity contribution in [2.75, 3.05) is 18.8 Å². The Morgan fingerprint density at radius 2 is 2.00 bits per heavy atom. The molecule has 1 aromatic rings. The zero-order valence-corrected chi connectivity index (χ0v) is 14.5. The number of carboxylic acid groups (broad SMARTS) is 1. The van der Waals surface area contributed by atoms with E-state index in [1.54, 1.807) is 16.7 Å². The van der Waals surface area contributed by atoms with Crippen LogP contribution in [0.4, 0.5) is 0 Å². The highest BCUT2D eigenvalue weighted by molar-refractivity contribution is 9.10. The summed E-state index contributed by atoms with van der Waals surface area (Å²) in [5, 5.41) is 8.69. The molecule has 1 aliphatic heterocycles.